The van der Waals surface area contributed by atoms with Crippen molar-refractivity contribution in [1.82, 2.24) is 10.2 Å². The van der Waals surface area contributed by atoms with E-state index in [0.29, 0.717) is 5.56 Å². The Kier molecular flexibility index (Phi) is 15.9. The fraction of sp³-hybridized carbons (Fsp3) is 0.378. The van der Waals surface area contributed by atoms with Crippen molar-refractivity contribution in [2.24, 2.45) is 5.73 Å². The number of hydrogen-bond acceptors (Lipinski definition) is 10. The molecule has 6 atom stereocenters. The number of amides is 3. The van der Waals surface area contributed by atoms with Gasteiger partial charge in [0, 0.05) is 6.92 Å². The van der Waals surface area contributed by atoms with Gasteiger partial charge in [0.2, 0.25) is 11.8 Å². The Morgan fingerprint density at radius 3 is 1.64 bits per heavy atom. The van der Waals surface area contributed by atoms with Gasteiger partial charge in [0.05, 0.1) is 32.8 Å². The molecule has 0 aromatic heterocycles. The van der Waals surface area contributed by atoms with Gasteiger partial charge < -0.3 is 39.5 Å². The van der Waals surface area contributed by atoms with Crippen LogP contribution in [-0.2, 0) is 69.2 Å². The molecule has 3 amide bonds. The Morgan fingerprint density at radius 1 is 0.707 bits per heavy atom. The lowest BCUT2D eigenvalue weighted by Crippen LogP contribution is -2.71. The molecule has 13 heteroatoms. The first-order chi connectivity index (χ1) is 27.9. The Bertz CT molecular complexity index is 1890. The third-order valence-corrected chi connectivity index (χ3v) is 9.10. The lowest BCUT2D eigenvalue weighted by atomic mass is 9.93. The zero-order valence-electron chi connectivity index (χ0n) is 33.4. The molecular formula is C45H53N3O10. The van der Waals surface area contributed by atoms with Crippen molar-refractivity contribution in [2.45, 2.75) is 103 Å². The average Bonchev–Trinajstić information content (AvgIpc) is 3.20. The minimum absolute atomic E-state index is 0.0655. The van der Waals surface area contributed by atoms with Gasteiger partial charge in [-0.3, -0.25) is 14.5 Å². The molecule has 4 aromatic carbocycles. The average molecular weight is 796 g/mol. The third-order valence-electron chi connectivity index (χ3n) is 9.10. The van der Waals surface area contributed by atoms with Crippen LogP contribution in [0, 0.1) is 0 Å². The highest BCUT2D eigenvalue weighted by atomic mass is 16.6. The summed E-state index contributed by atoms with van der Waals surface area (Å²) in [7, 11) is 0. The number of benzene rings is 4. The van der Waals surface area contributed by atoms with Crippen LogP contribution in [0.4, 0.5) is 4.79 Å². The van der Waals surface area contributed by atoms with E-state index < -0.39 is 72.5 Å². The molecule has 0 bridgehead atoms. The second-order valence-electron chi connectivity index (χ2n) is 15.0. The SMILES string of the molecule is CC(=O)NC1C(OCc2ccccc2)C(OCc2ccccc2)C(COCc2ccccc2)OC1N(C(=O)OC(C)(C)C)C(CC(N)=O)C(=O)OCc1ccccc1. The number of esters is 1. The molecule has 1 aliphatic rings. The van der Waals surface area contributed by atoms with Crippen LogP contribution in [0.25, 0.3) is 0 Å². The molecule has 0 saturated carbocycles. The van der Waals surface area contributed by atoms with E-state index in [1.54, 1.807) is 45.0 Å². The molecule has 6 unspecified atom stereocenters. The molecule has 58 heavy (non-hydrogen) atoms. The van der Waals surface area contributed by atoms with Crippen LogP contribution >= 0.6 is 0 Å². The fourth-order valence-electron chi connectivity index (χ4n) is 6.52. The minimum atomic E-state index is -1.65. The van der Waals surface area contributed by atoms with Crippen molar-refractivity contribution in [3.05, 3.63) is 144 Å². The predicted octanol–water partition coefficient (Wildman–Crippen LogP) is 5.83. The van der Waals surface area contributed by atoms with Gasteiger partial charge in [-0.1, -0.05) is 121 Å². The molecule has 0 radical (unpaired) electrons. The predicted molar refractivity (Wildman–Crippen MR) is 214 cm³/mol. The second-order valence-corrected chi connectivity index (χ2v) is 15.0. The molecule has 4 aromatic rings. The van der Waals surface area contributed by atoms with Crippen molar-refractivity contribution in [1.29, 1.82) is 0 Å². The first-order valence-electron chi connectivity index (χ1n) is 19.2. The number of rotatable bonds is 18. The van der Waals surface area contributed by atoms with E-state index in [1.165, 1.54) is 6.92 Å². The highest BCUT2D eigenvalue weighted by Crippen LogP contribution is 2.33. The standard InChI is InChI=1S/C45H53N3O10/c1-31(49)47-39-41(55-28-34-21-13-7-14-22-34)40(54-27-33-19-11-6-12-20-33)37(30-53-26-32-17-9-5-10-18-32)57-42(39)48(44(52)58-45(2,3)4)36(25-38(46)50)43(51)56-29-35-23-15-8-16-24-35/h5-24,36-37,39-42H,25-30H2,1-4H3,(H2,46,50)(H,47,49). The highest BCUT2D eigenvalue weighted by Gasteiger charge is 2.54. The van der Waals surface area contributed by atoms with Crippen LogP contribution in [0.15, 0.2) is 121 Å². The monoisotopic (exact) mass is 795 g/mol. The van der Waals surface area contributed by atoms with Gasteiger partial charge in [-0.05, 0) is 43.0 Å². The smallest absolute Gasteiger partial charge is 0.413 e. The Morgan fingerprint density at radius 2 is 1.17 bits per heavy atom. The second kappa shape index (κ2) is 21.2. The number of carbonyl (C=O) groups is 4. The summed E-state index contributed by atoms with van der Waals surface area (Å²) in [6, 6.07) is 34.6. The maximum Gasteiger partial charge on any atom is 0.413 e. The van der Waals surface area contributed by atoms with E-state index in [0.717, 1.165) is 21.6 Å². The number of nitrogens with zero attached hydrogens (tertiary/aromatic N) is 1. The van der Waals surface area contributed by atoms with E-state index in [1.807, 2.05) is 97.1 Å². The first-order valence-corrected chi connectivity index (χ1v) is 19.2. The van der Waals surface area contributed by atoms with Crippen LogP contribution < -0.4 is 11.1 Å². The molecular weight excluding hydrogens is 743 g/mol. The van der Waals surface area contributed by atoms with Crippen molar-refractivity contribution in [2.75, 3.05) is 6.61 Å². The molecule has 1 heterocycles. The van der Waals surface area contributed by atoms with E-state index in [2.05, 4.69) is 5.32 Å². The number of primary amides is 1. The number of hydrogen-bond donors (Lipinski definition) is 2. The molecule has 3 N–H and O–H groups in total. The molecule has 0 spiro atoms. The van der Waals surface area contributed by atoms with Gasteiger partial charge in [0.1, 0.15) is 42.6 Å². The third kappa shape index (κ3) is 13.2. The lowest BCUT2D eigenvalue weighted by Gasteiger charge is -2.50. The van der Waals surface area contributed by atoms with Gasteiger partial charge in [-0.15, -0.1) is 0 Å². The van der Waals surface area contributed by atoms with Crippen molar-refractivity contribution < 1.29 is 47.6 Å². The van der Waals surface area contributed by atoms with Crippen LogP contribution in [-0.4, -0.2) is 77.6 Å². The Balaban J connectivity index is 1.61. The van der Waals surface area contributed by atoms with Gasteiger partial charge in [0.15, 0.2) is 6.23 Å². The van der Waals surface area contributed by atoms with Gasteiger partial charge >= 0.3 is 12.1 Å². The molecule has 13 nitrogen and oxygen atoms in total. The normalized spacial score (nSPS) is 19.7. The maximum absolute atomic E-state index is 14.5. The number of nitrogens with two attached hydrogens (primary N) is 1. The van der Waals surface area contributed by atoms with Gasteiger partial charge in [0.25, 0.3) is 0 Å². The summed E-state index contributed by atoms with van der Waals surface area (Å²) in [6.07, 6.45) is -6.09. The minimum Gasteiger partial charge on any atom is -0.459 e. The fourth-order valence-corrected chi connectivity index (χ4v) is 6.52. The summed E-state index contributed by atoms with van der Waals surface area (Å²) in [4.78, 5) is 55.6. The molecule has 1 saturated heterocycles. The molecule has 5 rings (SSSR count). The molecule has 308 valence electrons. The zero-order chi connectivity index (χ0) is 41.5. The van der Waals surface area contributed by atoms with E-state index in [9.17, 15) is 19.2 Å². The van der Waals surface area contributed by atoms with Gasteiger partial charge in [-0.25, -0.2) is 9.59 Å². The quantitative estimate of drug-likeness (QED) is 0.117. The van der Waals surface area contributed by atoms with Crippen molar-refractivity contribution in [3.8, 4) is 0 Å². The largest absolute Gasteiger partial charge is 0.459 e. The van der Waals surface area contributed by atoms with Crippen LogP contribution in [0.5, 0.6) is 0 Å². The molecule has 1 aliphatic heterocycles. The van der Waals surface area contributed by atoms with Crippen LogP contribution in [0.2, 0.25) is 0 Å². The lowest BCUT2D eigenvalue weighted by molar-refractivity contribution is -0.260. The number of nitrogens with one attached hydrogen (secondary N) is 1. The van der Waals surface area contributed by atoms with Crippen molar-refractivity contribution >= 4 is 23.9 Å². The van der Waals surface area contributed by atoms with Crippen molar-refractivity contribution in [3.63, 3.8) is 0 Å². The summed E-state index contributed by atoms with van der Waals surface area (Å²) >= 11 is 0. The zero-order valence-corrected chi connectivity index (χ0v) is 33.4. The molecule has 1 fully saturated rings. The summed E-state index contributed by atoms with van der Waals surface area (Å²) in [5.74, 6) is -2.33. The summed E-state index contributed by atoms with van der Waals surface area (Å²) < 4.78 is 38.0. The van der Waals surface area contributed by atoms with Crippen LogP contribution in [0.1, 0.15) is 56.4 Å². The highest BCUT2D eigenvalue weighted by molar-refractivity contribution is 5.87. The van der Waals surface area contributed by atoms with Crippen LogP contribution in [0.3, 0.4) is 0 Å². The van der Waals surface area contributed by atoms with E-state index >= 15 is 0 Å². The molecule has 0 aliphatic carbocycles. The van der Waals surface area contributed by atoms with Gasteiger partial charge in [-0.2, -0.15) is 0 Å². The summed E-state index contributed by atoms with van der Waals surface area (Å²) in [5, 5.41) is 2.92. The summed E-state index contributed by atoms with van der Waals surface area (Å²) in [5.41, 5.74) is 7.95. The first kappa shape index (κ1) is 43.5. The van der Waals surface area contributed by atoms with E-state index in [-0.39, 0.29) is 33.0 Å². The van der Waals surface area contributed by atoms with E-state index in [4.69, 9.17) is 34.2 Å². The summed E-state index contributed by atoms with van der Waals surface area (Å²) in [6.45, 7) is 6.49. The Hall–Kier alpha value is -5.60. The maximum atomic E-state index is 14.5. The number of carbonyl (C=O) groups excluding carboxylic acids is 4. The topological polar surface area (TPSA) is 165 Å². The number of ether oxygens (including phenoxy) is 6. The Labute approximate surface area is 339 Å².